The number of benzene rings is 1. The Morgan fingerprint density at radius 3 is 2.29 bits per heavy atom. The summed E-state index contributed by atoms with van der Waals surface area (Å²) in [5.41, 5.74) is 0.460. The van der Waals surface area contributed by atoms with Crippen LogP contribution in [0.25, 0.3) is 0 Å². The van der Waals surface area contributed by atoms with E-state index in [4.69, 9.17) is 0 Å². The van der Waals surface area contributed by atoms with Crippen molar-refractivity contribution in [3.05, 3.63) is 29.8 Å². The summed E-state index contributed by atoms with van der Waals surface area (Å²) in [5.74, 6) is -2.90. The van der Waals surface area contributed by atoms with Crippen molar-refractivity contribution in [3.8, 4) is 0 Å². The Hall–Kier alpha value is -1.90. The molecule has 0 aromatic heterocycles. The van der Waals surface area contributed by atoms with Gasteiger partial charge in [-0.2, -0.15) is 13.2 Å². The zero-order chi connectivity index (χ0) is 20.3. The molecule has 156 valence electrons. The van der Waals surface area contributed by atoms with Crippen LogP contribution in [0.4, 0.5) is 27.6 Å². The molecule has 2 atom stereocenters. The van der Waals surface area contributed by atoms with E-state index in [1.54, 1.807) is 0 Å². The number of hydrogen-bond acceptors (Lipinski definition) is 3. The van der Waals surface area contributed by atoms with Gasteiger partial charge in [0.2, 0.25) is 5.91 Å². The summed E-state index contributed by atoms with van der Waals surface area (Å²) in [6, 6.07) is 2.92. The average Bonchev–Trinajstić information content (AvgIpc) is 2.61. The van der Waals surface area contributed by atoms with E-state index in [2.05, 4.69) is 5.32 Å². The van der Waals surface area contributed by atoms with Crippen molar-refractivity contribution in [2.45, 2.75) is 37.9 Å². The van der Waals surface area contributed by atoms with E-state index in [0.717, 1.165) is 6.07 Å². The van der Waals surface area contributed by atoms with Crippen LogP contribution < -0.4 is 10.2 Å². The van der Waals surface area contributed by atoms with Crippen molar-refractivity contribution >= 4 is 11.6 Å². The molecule has 1 aliphatic carbocycles. The molecule has 3 rings (SSSR count). The predicted octanol–water partition coefficient (Wildman–Crippen LogP) is 3.32. The molecule has 1 aromatic rings. The summed E-state index contributed by atoms with van der Waals surface area (Å²) in [6.07, 6.45) is -3.13. The molecule has 2 aliphatic rings. The molecule has 0 bridgehead atoms. The van der Waals surface area contributed by atoms with Gasteiger partial charge in [-0.25, -0.2) is 8.78 Å². The highest BCUT2D eigenvalue weighted by molar-refractivity contribution is 5.78. The number of hydrogen-bond donors (Lipinski definition) is 1. The number of carbonyl (C=O) groups excluding carboxylic acids is 1. The third-order valence-corrected chi connectivity index (χ3v) is 5.45. The quantitative estimate of drug-likeness (QED) is 0.781. The predicted molar refractivity (Wildman–Crippen MR) is 95.0 cm³/mol. The summed E-state index contributed by atoms with van der Waals surface area (Å²) in [5, 5.41) is 2.73. The monoisotopic (exact) mass is 405 g/mol. The van der Waals surface area contributed by atoms with Gasteiger partial charge in [-0.1, -0.05) is 6.42 Å². The Morgan fingerprint density at radius 1 is 1.04 bits per heavy atom. The second-order valence-corrected chi connectivity index (χ2v) is 7.56. The standard InChI is InChI=1S/C19H24F5N3O/c20-14-9-15(21)11-17(10-14)27-6-4-26(5-7-27)12-18(28)25-16-3-1-2-13(8-16)19(22,23)24/h9-11,13,16H,1-8,12H2,(H,25,28)/t13-,16+/m1/s1. The fourth-order valence-electron chi connectivity index (χ4n) is 3.98. The van der Waals surface area contributed by atoms with Crippen LogP contribution in [-0.4, -0.2) is 55.7 Å². The van der Waals surface area contributed by atoms with Crippen LogP contribution in [-0.2, 0) is 4.79 Å². The third-order valence-electron chi connectivity index (χ3n) is 5.45. The number of anilines is 1. The lowest BCUT2D eigenvalue weighted by molar-refractivity contribution is -0.184. The maximum absolute atomic E-state index is 13.4. The highest BCUT2D eigenvalue weighted by Crippen LogP contribution is 2.37. The maximum Gasteiger partial charge on any atom is 0.391 e. The van der Waals surface area contributed by atoms with E-state index < -0.39 is 29.8 Å². The van der Waals surface area contributed by atoms with Gasteiger partial charge >= 0.3 is 6.18 Å². The molecule has 1 amide bonds. The molecule has 1 aliphatic heterocycles. The van der Waals surface area contributed by atoms with Gasteiger partial charge in [-0.05, 0) is 31.4 Å². The first-order valence-corrected chi connectivity index (χ1v) is 9.50. The minimum Gasteiger partial charge on any atom is -0.369 e. The third kappa shape index (κ3) is 5.56. The van der Waals surface area contributed by atoms with Crippen LogP contribution in [0.15, 0.2) is 18.2 Å². The molecule has 0 unspecified atom stereocenters. The minimum absolute atomic E-state index is 0.0614. The lowest BCUT2D eigenvalue weighted by atomic mass is 9.85. The maximum atomic E-state index is 13.4. The molecule has 1 saturated heterocycles. The molecule has 4 nitrogen and oxygen atoms in total. The highest BCUT2D eigenvalue weighted by Gasteiger charge is 2.42. The molecular formula is C19H24F5N3O. The van der Waals surface area contributed by atoms with Crippen LogP contribution in [0.1, 0.15) is 25.7 Å². The normalized spacial score (nSPS) is 24.2. The minimum atomic E-state index is -4.21. The van der Waals surface area contributed by atoms with Gasteiger partial charge in [-0.3, -0.25) is 9.69 Å². The lowest BCUT2D eigenvalue weighted by Crippen LogP contribution is -2.51. The first-order chi connectivity index (χ1) is 13.2. The fourth-order valence-corrected chi connectivity index (χ4v) is 3.98. The lowest BCUT2D eigenvalue weighted by Gasteiger charge is -2.36. The number of piperazine rings is 1. The molecule has 2 fully saturated rings. The largest absolute Gasteiger partial charge is 0.391 e. The Kier molecular flexibility index (Phi) is 6.42. The summed E-state index contributed by atoms with van der Waals surface area (Å²) in [6.45, 7) is 2.19. The number of rotatable bonds is 4. The van der Waals surface area contributed by atoms with E-state index in [0.29, 0.717) is 44.7 Å². The van der Waals surface area contributed by atoms with Crippen LogP contribution >= 0.6 is 0 Å². The molecule has 1 N–H and O–H groups in total. The van der Waals surface area contributed by atoms with Crippen molar-refractivity contribution in [2.75, 3.05) is 37.6 Å². The van der Waals surface area contributed by atoms with Crippen molar-refractivity contribution in [1.29, 1.82) is 0 Å². The second-order valence-electron chi connectivity index (χ2n) is 7.56. The van der Waals surface area contributed by atoms with Gasteiger partial charge in [0.1, 0.15) is 11.6 Å². The van der Waals surface area contributed by atoms with Gasteiger partial charge in [0.05, 0.1) is 12.5 Å². The number of nitrogens with one attached hydrogen (secondary N) is 1. The number of alkyl halides is 3. The highest BCUT2D eigenvalue weighted by atomic mass is 19.4. The summed E-state index contributed by atoms with van der Waals surface area (Å²) in [4.78, 5) is 16.0. The average molecular weight is 405 g/mol. The Morgan fingerprint density at radius 2 is 1.68 bits per heavy atom. The van der Waals surface area contributed by atoms with Crippen LogP contribution in [0.5, 0.6) is 0 Å². The molecule has 1 aromatic carbocycles. The first kappa shape index (κ1) is 20.8. The van der Waals surface area contributed by atoms with Gasteiger partial charge < -0.3 is 10.2 Å². The van der Waals surface area contributed by atoms with Crippen molar-refractivity contribution in [1.82, 2.24) is 10.2 Å². The van der Waals surface area contributed by atoms with Gasteiger partial charge in [0, 0.05) is 44.0 Å². The van der Waals surface area contributed by atoms with Crippen molar-refractivity contribution in [3.63, 3.8) is 0 Å². The van der Waals surface area contributed by atoms with Crippen LogP contribution in [0.2, 0.25) is 0 Å². The second kappa shape index (κ2) is 8.63. The summed E-state index contributed by atoms with van der Waals surface area (Å²) < 4.78 is 65.3. The van der Waals surface area contributed by atoms with E-state index in [9.17, 15) is 26.7 Å². The Labute approximate surface area is 160 Å². The number of halogens is 5. The molecule has 1 heterocycles. The van der Waals surface area contributed by atoms with Crippen molar-refractivity contribution < 1.29 is 26.7 Å². The summed E-state index contributed by atoms with van der Waals surface area (Å²) >= 11 is 0. The van der Waals surface area contributed by atoms with E-state index in [1.165, 1.54) is 12.1 Å². The van der Waals surface area contributed by atoms with E-state index in [-0.39, 0.29) is 25.3 Å². The molecule has 1 saturated carbocycles. The first-order valence-electron chi connectivity index (χ1n) is 9.50. The summed E-state index contributed by atoms with van der Waals surface area (Å²) in [7, 11) is 0. The molecule has 9 heteroatoms. The van der Waals surface area contributed by atoms with Crippen LogP contribution in [0, 0.1) is 17.6 Å². The topological polar surface area (TPSA) is 35.6 Å². The fraction of sp³-hybridized carbons (Fsp3) is 0.632. The smallest absolute Gasteiger partial charge is 0.369 e. The van der Waals surface area contributed by atoms with E-state index in [1.807, 2.05) is 9.80 Å². The molecule has 0 radical (unpaired) electrons. The molecular weight excluding hydrogens is 381 g/mol. The van der Waals surface area contributed by atoms with Gasteiger partial charge in [-0.15, -0.1) is 0 Å². The number of carbonyl (C=O) groups is 1. The van der Waals surface area contributed by atoms with Crippen LogP contribution in [0.3, 0.4) is 0 Å². The Balaban J connectivity index is 1.45. The zero-order valence-electron chi connectivity index (χ0n) is 15.4. The zero-order valence-corrected chi connectivity index (χ0v) is 15.4. The molecule has 0 spiro atoms. The number of nitrogens with zero attached hydrogens (tertiary/aromatic N) is 2. The SMILES string of the molecule is O=C(CN1CCN(c2cc(F)cc(F)c2)CC1)N[C@H]1CCC[C@@H](C(F)(F)F)C1. The van der Waals surface area contributed by atoms with Gasteiger partial charge in [0.15, 0.2) is 0 Å². The Bertz CT molecular complexity index is 668. The van der Waals surface area contributed by atoms with E-state index >= 15 is 0 Å². The van der Waals surface area contributed by atoms with Crippen molar-refractivity contribution in [2.24, 2.45) is 5.92 Å². The number of amides is 1. The van der Waals surface area contributed by atoms with Gasteiger partial charge in [0.25, 0.3) is 0 Å². The molecule has 28 heavy (non-hydrogen) atoms.